The molecule has 7 aliphatic heterocycles. The zero-order valence-electron chi connectivity index (χ0n) is 34.2. The van der Waals surface area contributed by atoms with Gasteiger partial charge in [0, 0.05) is 44.4 Å². The molecule has 0 saturated carbocycles. The number of aliphatic carboxylic acids is 1. The van der Waals surface area contributed by atoms with Gasteiger partial charge >= 0.3 is 5.97 Å². The van der Waals surface area contributed by atoms with Crippen LogP contribution in [0, 0.1) is 17.8 Å². The van der Waals surface area contributed by atoms with Crippen LogP contribution in [0.25, 0.3) is 0 Å². The van der Waals surface area contributed by atoms with E-state index < -0.39 is 59.5 Å². The maximum Gasteiger partial charge on any atom is 0.335 e. The van der Waals surface area contributed by atoms with Gasteiger partial charge in [0.1, 0.15) is 18.3 Å². The van der Waals surface area contributed by atoms with Crippen LogP contribution in [0.2, 0.25) is 0 Å². The molecule has 7 rings (SSSR count). The summed E-state index contributed by atoms with van der Waals surface area (Å²) in [5.74, 6) is -3.07. The first kappa shape index (κ1) is 42.4. The molecule has 0 aromatic heterocycles. The van der Waals surface area contributed by atoms with Crippen molar-refractivity contribution in [2.24, 2.45) is 17.8 Å². The first-order chi connectivity index (χ1) is 26.5. The number of hydrogen-bond donors (Lipinski definition) is 4. The standard InChI is InChI=1S/C44H68O12/c1-26-22-35(54-44(24-26)17-9-10-32(53-44)25-41(6,49)40(47)48)27(2)11-12-31-14-19-43(52-31)20-15-34-39(56-43)36(46)30(5)38(51-34)33(45)23-29(4)37-28(3)13-18-42(55-37)16-7-8-21-50-42/h11-12,24,27-29,31-39,45-46,49H,5,7-10,13-23,25H2,1-4,6H3,(H,47,48). The van der Waals surface area contributed by atoms with E-state index in [0.717, 1.165) is 63.5 Å². The predicted octanol–water partition coefficient (Wildman–Crippen LogP) is 6.24. The summed E-state index contributed by atoms with van der Waals surface area (Å²) >= 11 is 0. The van der Waals surface area contributed by atoms with Gasteiger partial charge in [0.25, 0.3) is 0 Å². The number of aliphatic hydroxyl groups excluding tert-OH is 2. The van der Waals surface area contributed by atoms with Gasteiger partial charge in [-0.05, 0) is 95.1 Å². The Morgan fingerprint density at radius 3 is 2.52 bits per heavy atom. The summed E-state index contributed by atoms with van der Waals surface area (Å²) in [6.07, 6.45) is 13.0. The summed E-state index contributed by atoms with van der Waals surface area (Å²) in [4.78, 5) is 11.6. The summed E-state index contributed by atoms with van der Waals surface area (Å²) in [6, 6.07) is 0. The number of carboxylic acids is 1. The Kier molecular flexibility index (Phi) is 12.7. The molecule has 6 fully saturated rings. The van der Waals surface area contributed by atoms with Crippen LogP contribution in [0.5, 0.6) is 0 Å². The van der Waals surface area contributed by atoms with Gasteiger partial charge in [-0.1, -0.05) is 45.1 Å². The SMILES string of the molecule is C=C1C(O)C2OC3(CCC(C=CC(C)C4CC(C)=CC5(CCCC(CC(C)(O)C(=O)O)O5)O4)O3)CCC2OC1C(O)CC(C)C1OC2(CCCCO2)CCC1C. The lowest BCUT2D eigenvalue weighted by Crippen LogP contribution is -2.60. The molecular weight excluding hydrogens is 720 g/mol. The van der Waals surface area contributed by atoms with Crippen LogP contribution < -0.4 is 0 Å². The van der Waals surface area contributed by atoms with Crippen molar-refractivity contribution >= 4 is 5.97 Å². The third-order valence-electron chi connectivity index (χ3n) is 13.9. The Labute approximate surface area is 332 Å². The van der Waals surface area contributed by atoms with E-state index in [1.807, 2.05) is 6.08 Å². The summed E-state index contributed by atoms with van der Waals surface area (Å²) in [5.41, 5.74) is -0.278. The molecule has 6 saturated heterocycles. The molecular formula is C44H68O12. The molecule has 7 aliphatic rings. The number of hydrogen-bond acceptors (Lipinski definition) is 11. The lowest BCUT2D eigenvalue weighted by atomic mass is 9.79. The van der Waals surface area contributed by atoms with Crippen LogP contribution >= 0.6 is 0 Å². The minimum absolute atomic E-state index is 0.00341. The number of carboxylic acid groups (broad SMARTS) is 1. The second-order valence-corrected chi connectivity index (χ2v) is 18.8. The molecule has 16 unspecified atom stereocenters. The van der Waals surface area contributed by atoms with Gasteiger partial charge in [-0.3, -0.25) is 0 Å². The zero-order valence-corrected chi connectivity index (χ0v) is 34.2. The van der Waals surface area contributed by atoms with Crippen LogP contribution in [0.15, 0.2) is 36.0 Å². The van der Waals surface area contributed by atoms with E-state index in [2.05, 4.69) is 46.4 Å². The fourth-order valence-electron chi connectivity index (χ4n) is 10.6. The van der Waals surface area contributed by atoms with Crippen molar-refractivity contribution in [3.8, 4) is 0 Å². The molecule has 3 spiro atoms. The summed E-state index contributed by atoms with van der Waals surface area (Å²) < 4.78 is 45.6. The molecule has 0 amide bonds. The number of aliphatic hydroxyl groups is 3. The molecule has 0 aromatic rings. The normalized spacial score (nSPS) is 44.7. The van der Waals surface area contributed by atoms with E-state index in [0.29, 0.717) is 50.0 Å². The van der Waals surface area contributed by atoms with E-state index in [9.17, 15) is 25.2 Å². The lowest BCUT2D eigenvalue weighted by molar-refractivity contribution is -0.320. The number of fused-ring (bicyclic) bond motifs is 1. The van der Waals surface area contributed by atoms with Crippen molar-refractivity contribution < 1.29 is 58.4 Å². The van der Waals surface area contributed by atoms with Gasteiger partial charge in [-0.25, -0.2) is 4.79 Å². The third kappa shape index (κ3) is 9.05. The highest BCUT2D eigenvalue weighted by Gasteiger charge is 2.54. The second-order valence-electron chi connectivity index (χ2n) is 18.8. The second kappa shape index (κ2) is 16.7. The smallest absolute Gasteiger partial charge is 0.335 e. The Morgan fingerprint density at radius 2 is 1.77 bits per heavy atom. The maximum absolute atomic E-state index is 11.6. The average Bonchev–Trinajstić information content (AvgIpc) is 3.54. The molecule has 0 aliphatic carbocycles. The monoisotopic (exact) mass is 788 g/mol. The molecule has 12 heteroatoms. The molecule has 0 bridgehead atoms. The molecule has 56 heavy (non-hydrogen) atoms. The quantitative estimate of drug-likeness (QED) is 0.185. The van der Waals surface area contributed by atoms with Gasteiger partial charge in [0.2, 0.25) is 0 Å². The third-order valence-corrected chi connectivity index (χ3v) is 13.9. The molecule has 7 heterocycles. The fourth-order valence-corrected chi connectivity index (χ4v) is 10.6. The van der Waals surface area contributed by atoms with Gasteiger partial charge < -0.3 is 53.6 Å². The first-order valence-corrected chi connectivity index (χ1v) is 21.6. The summed E-state index contributed by atoms with van der Waals surface area (Å²) in [5, 5.41) is 42.9. The minimum atomic E-state index is -1.87. The van der Waals surface area contributed by atoms with Crippen molar-refractivity contribution in [3.63, 3.8) is 0 Å². The summed E-state index contributed by atoms with van der Waals surface area (Å²) in [7, 11) is 0. The lowest BCUT2D eigenvalue weighted by Gasteiger charge is -2.50. The number of rotatable bonds is 10. The van der Waals surface area contributed by atoms with Crippen LogP contribution in [-0.2, 0) is 38.0 Å². The zero-order chi connectivity index (χ0) is 40.0. The van der Waals surface area contributed by atoms with E-state index in [4.69, 9.17) is 33.2 Å². The van der Waals surface area contributed by atoms with E-state index in [1.54, 1.807) is 0 Å². The van der Waals surface area contributed by atoms with Crippen molar-refractivity contribution in [2.45, 2.75) is 209 Å². The molecule has 0 aromatic carbocycles. The molecule has 16 atom stereocenters. The fraction of sp³-hybridized carbons (Fsp3) is 0.841. The van der Waals surface area contributed by atoms with Gasteiger partial charge in [0.05, 0.1) is 43.2 Å². The van der Waals surface area contributed by atoms with Crippen LogP contribution in [0.1, 0.15) is 131 Å². The highest BCUT2D eigenvalue weighted by atomic mass is 16.7. The largest absolute Gasteiger partial charge is 0.479 e. The van der Waals surface area contributed by atoms with E-state index in [-0.39, 0.29) is 42.7 Å². The molecule has 0 radical (unpaired) electrons. The van der Waals surface area contributed by atoms with Crippen LogP contribution in [-0.4, -0.2) is 111 Å². The Hall–Kier alpha value is -1.71. The van der Waals surface area contributed by atoms with Gasteiger partial charge in [0.15, 0.2) is 23.0 Å². The van der Waals surface area contributed by atoms with Gasteiger partial charge in [-0.2, -0.15) is 0 Å². The maximum atomic E-state index is 11.6. The molecule has 4 N–H and O–H groups in total. The highest BCUT2D eigenvalue weighted by molar-refractivity contribution is 5.76. The highest BCUT2D eigenvalue weighted by Crippen LogP contribution is 2.47. The van der Waals surface area contributed by atoms with Crippen molar-refractivity contribution in [3.05, 3.63) is 36.0 Å². The Balaban J connectivity index is 0.911. The minimum Gasteiger partial charge on any atom is -0.479 e. The predicted molar refractivity (Wildman–Crippen MR) is 206 cm³/mol. The van der Waals surface area contributed by atoms with Crippen molar-refractivity contribution in [1.29, 1.82) is 0 Å². The average molecular weight is 789 g/mol. The van der Waals surface area contributed by atoms with Gasteiger partial charge in [-0.15, -0.1) is 0 Å². The Morgan fingerprint density at radius 1 is 1.00 bits per heavy atom. The topological polar surface area (TPSA) is 163 Å². The van der Waals surface area contributed by atoms with E-state index in [1.165, 1.54) is 6.92 Å². The van der Waals surface area contributed by atoms with Crippen LogP contribution in [0.4, 0.5) is 0 Å². The summed E-state index contributed by atoms with van der Waals surface area (Å²) in [6.45, 7) is 14.8. The number of ether oxygens (including phenoxy) is 7. The van der Waals surface area contributed by atoms with Crippen molar-refractivity contribution in [2.75, 3.05) is 6.61 Å². The van der Waals surface area contributed by atoms with E-state index >= 15 is 0 Å². The Bertz CT molecular complexity index is 1470. The first-order valence-electron chi connectivity index (χ1n) is 21.6. The molecule has 12 nitrogen and oxygen atoms in total. The van der Waals surface area contributed by atoms with Crippen molar-refractivity contribution in [1.82, 2.24) is 0 Å². The number of carbonyl (C=O) groups is 1. The van der Waals surface area contributed by atoms with Crippen LogP contribution in [0.3, 0.4) is 0 Å². The molecule has 316 valence electrons.